The van der Waals surface area contributed by atoms with Crippen molar-refractivity contribution in [1.29, 1.82) is 0 Å². The summed E-state index contributed by atoms with van der Waals surface area (Å²) < 4.78 is 5.77. The van der Waals surface area contributed by atoms with Gasteiger partial charge in [-0.05, 0) is 40.6 Å². The third kappa shape index (κ3) is 4.61. The Labute approximate surface area is 115 Å². The summed E-state index contributed by atoms with van der Waals surface area (Å²) >= 11 is 2.28. The monoisotopic (exact) mass is 349 g/mol. The summed E-state index contributed by atoms with van der Waals surface area (Å²) in [6, 6.07) is 7.43. The maximum atomic E-state index is 11.2. The van der Waals surface area contributed by atoms with E-state index in [-0.39, 0.29) is 6.61 Å². The fourth-order valence-corrected chi connectivity index (χ4v) is 2.10. The molecule has 4 nitrogen and oxygen atoms in total. The van der Waals surface area contributed by atoms with Crippen LogP contribution in [0.4, 0.5) is 0 Å². The van der Waals surface area contributed by atoms with Gasteiger partial charge in [0, 0.05) is 10.1 Å². The summed E-state index contributed by atoms with van der Waals surface area (Å²) in [5.74, 6) is -0.435. The third-order valence-corrected chi connectivity index (χ3v) is 3.46. The molecule has 0 heterocycles. The highest BCUT2D eigenvalue weighted by atomic mass is 127. The minimum atomic E-state index is -0.638. The van der Waals surface area contributed by atoms with Gasteiger partial charge in [-0.3, -0.25) is 4.79 Å². The number of halogens is 1. The van der Waals surface area contributed by atoms with Crippen molar-refractivity contribution < 1.29 is 14.6 Å². The van der Waals surface area contributed by atoms with E-state index in [0.29, 0.717) is 6.54 Å². The zero-order valence-corrected chi connectivity index (χ0v) is 11.8. The fraction of sp³-hybridized carbons (Fsp3) is 0.417. The molecule has 1 aromatic rings. The van der Waals surface area contributed by atoms with Crippen molar-refractivity contribution in [3.8, 4) is 0 Å². The van der Waals surface area contributed by atoms with Crippen molar-refractivity contribution >= 4 is 28.6 Å². The number of benzene rings is 1. The number of hydrogen-bond donors (Lipinski definition) is 2. The molecule has 0 aliphatic carbocycles. The lowest BCUT2D eigenvalue weighted by Crippen LogP contribution is -2.41. The van der Waals surface area contributed by atoms with E-state index in [4.69, 9.17) is 5.11 Å². The molecule has 1 aromatic carbocycles. The molecule has 0 radical (unpaired) electrons. The summed E-state index contributed by atoms with van der Waals surface area (Å²) in [5, 5.41) is 12.0. The van der Waals surface area contributed by atoms with Crippen molar-refractivity contribution in [2.24, 2.45) is 0 Å². The van der Waals surface area contributed by atoms with Crippen molar-refractivity contribution in [3.05, 3.63) is 33.4 Å². The van der Waals surface area contributed by atoms with Crippen molar-refractivity contribution in [2.75, 3.05) is 20.3 Å². The van der Waals surface area contributed by atoms with Crippen LogP contribution in [0.3, 0.4) is 0 Å². The molecular weight excluding hydrogens is 333 g/mol. The first-order valence-electron chi connectivity index (χ1n) is 5.34. The molecule has 1 unspecified atom stereocenters. The van der Waals surface area contributed by atoms with Crippen LogP contribution in [0.5, 0.6) is 0 Å². The van der Waals surface area contributed by atoms with Crippen LogP contribution in [-0.4, -0.2) is 37.4 Å². The minimum absolute atomic E-state index is 0.251. The lowest BCUT2D eigenvalue weighted by atomic mass is 10.1. The molecule has 0 saturated carbocycles. The normalized spacial score (nSPS) is 12.2. The molecule has 0 saturated heterocycles. The van der Waals surface area contributed by atoms with E-state index < -0.39 is 12.0 Å². The van der Waals surface area contributed by atoms with E-state index in [0.717, 1.165) is 6.42 Å². The number of carbonyl (C=O) groups is 1. The summed E-state index contributed by atoms with van der Waals surface area (Å²) in [7, 11) is 1.31. The summed E-state index contributed by atoms with van der Waals surface area (Å²) in [6.45, 7) is 0.374. The second-order valence-electron chi connectivity index (χ2n) is 3.55. The molecule has 0 aliphatic rings. The van der Waals surface area contributed by atoms with Gasteiger partial charge in [0.25, 0.3) is 0 Å². The van der Waals surface area contributed by atoms with E-state index in [1.165, 1.54) is 16.2 Å². The zero-order valence-electron chi connectivity index (χ0n) is 9.65. The van der Waals surface area contributed by atoms with E-state index in [1.54, 1.807) is 0 Å². The Bertz CT molecular complexity index is 371. The van der Waals surface area contributed by atoms with Crippen LogP contribution in [0.1, 0.15) is 5.56 Å². The number of methoxy groups -OCH3 is 1. The smallest absolute Gasteiger partial charge is 0.325 e. The Kier molecular flexibility index (Phi) is 6.46. The highest BCUT2D eigenvalue weighted by Gasteiger charge is 2.16. The second kappa shape index (κ2) is 7.62. The Balaban J connectivity index is 2.42. The average Bonchev–Trinajstić information content (AvgIpc) is 2.36. The van der Waals surface area contributed by atoms with Gasteiger partial charge in [0.05, 0.1) is 13.7 Å². The maximum Gasteiger partial charge on any atom is 0.325 e. The molecule has 0 fully saturated rings. The minimum Gasteiger partial charge on any atom is -0.468 e. The average molecular weight is 349 g/mol. The van der Waals surface area contributed by atoms with Gasteiger partial charge in [-0.25, -0.2) is 0 Å². The molecule has 94 valence electrons. The first-order chi connectivity index (χ1) is 8.19. The van der Waals surface area contributed by atoms with Crippen LogP contribution < -0.4 is 5.32 Å². The molecule has 17 heavy (non-hydrogen) atoms. The van der Waals surface area contributed by atoms with Gasteiger partial charge in [-0.2, -0.15) is 0 Å². The topological polar surface area (TPSA) is 58.6 Å². The molecule has 1 atom stereocenters. The number of hydrogen-bond acceptors (Lipinski definition) is 4. The Morgan fingerprint density at radius 2 is 2.24 bits per heavy atom. The second-order valence-corrected chi connectivity index (χ2v) is 4.72. The van der Waals surface area contributed by atoms with Crippen LogP contribution in [-0.2, 0) is 16.0 Å². The van der Waals surface area contributed by atoms with E-state index >= 15 is 0 Å². The first kappa shape index (κ1) is 14.4. The van der Waals surface area contributed by atoms with Crippen LogP contribution in [0, 0.1) is 3.57 Å². The number of rotatable bonds is 6. The van der Waals surface area contributed by atoms with Crippen molar-refractivity contribution in [2.45, 2.75) is 12.5 Å². The molecule has 1 rings (SSSR count). The van der Waals surface area contributed by atoms with Crippen LogP contribution in [0.25, 0.3) is 0 Å². The van der Waals surface area contributed by atoms with Gasteiger partial charge >= 0.3 is 5.97 Å². The molecule has 2 N–H and O–H groups in total. The Morgan fingerprint density at radius 1 is 1.53 bits per heavy atom. The molecule has 0 bridgehead atoms. The lowest BCUT2D eigenvalue weighted by molar-refractivity contribution is -0.144. The summed E-state index contributed by atoms with van der Waals surface area (Å²) in [4.78, 5) is 11.2. The van der Waals surface area contributed by atoms with Gasteiger partial charge in [0.15, 0.2) is 0 Å². The van der Waals surface area contributed by atoms with Gasteiger partial charge in [-0.1, -0.05) is 18.2 Å². The molecule has 0 amide bonds. The molecule has 0 aromatic heterocycles. The number of nitrogens with one attached hydrogen (secondary N) is 1. The van der Waals surface area contributed by atoms with Crippen LogP contribution in [0.15, 0.2) is 24.3 Å². The Morgan fingerprint density at radius 3 is 2.82 bits per heavy atom. The zero-order chi connectivity index (χ0) is 12.7. The van der Waals surface area contributed by atoms with Gasteiger partial charge in [0.1, 0.15) is 6.04 Å². The van der Waals surface area contributed by atoms with Gasteiger partial charge < -0.3 is 15.2 Å². The predicted molar refractivity (Wildman–Crippen MR) is 73.8 cm³/mol. The number of carbonyl (C=O) groups excluding carboxylic acids is 1. The molecule has 0 spiro atoms. The third-order valence-electron chi connectivity index (χ3n) is 2.41. The lowest BCUT2D eigenvalue weighted by Gasteiger charge is -2.13. The van der Waals surface area contributed by atoms with E-state index in [9.17, 15) is 4.79 Å². The standard InChI is InChI=1S/C12H16INO3/c1-17-12(16)11(8-15)14-7-6-9-4-2-3-5-10(9)13/h2-5,11,14-15H,6-8H2,1H3. The number of aliphatic hydroxyl groups excluding tert-OH is 1. The predicted octanol–water partition coefficient (Wildman–Crippen LogP) is 0.957. The quantitative estimate of drug-likeness (QED) is 0.593. The van der Waals surface area contributed by atoms with Crippen LogP contribution in [0.2, 0.25) is 0 Å². The highest BCUT2D eigenvalue weighted by molar-refractivity contribution is 14.1. The van der Waals surface area contributed by atoms with E-state index in [1.807, 2.05) is 18.2 Å². The van der Waals surface area contributed by atoms with Gasteiger partial charge in [-0.15, -0.1) is 0 Å². The number of ether oxygens (including phenoxy) is 1. The summed E-state index contributed by atoms with van der Waals surface area (Å²) in [5.41, 5.74) is 1.22. The molecule has 0 aliphatic heterocycles. The number of aliphatic hydroxyl groups is 1. The van der Waals surface area contributed by atoms with Crippen LogP contribution >= 0.6 is 22.6 Å². The molecular formula is C12H16INO3. The van der Waals surface area contributed by atoms with Crippen molar-refractivity contribution in [1.82, 2.24) is 5.32 Å². The highest BCUT2D eigenvalue weighted by Crippen LogP contribution is 2.11. The maximum absolute atomic E-state index is 11.2. The van der Waals surface area contributed by atoms with Gasteiger partial charge in [0.2, 0.25) is 0 Å². The van der Waals surface area contributed by atoms with Crippen molar-refractivity contribution in [3.63, 3.8) is 0 Å². The summed E-state index contributed by atoms with van der Waals surface area (Å²) in [6.07, 6.45) is 0.812. The largest absolute Gasteiger partial charge is 0.468 e. The number of esters is 1. The first-order valence-corrected chi connectivity index (χ1v) is 6.42. The SMILES string of the molecule is COC(=O)C(CO)NCCc1ccccc1I. The fourth-order valence-electron chi connectivity index (χ4n) is 1.45. The van der Waals surface area contributed by atoms with E-state index in [2.05, 4.69) is 38.7 Å². The Hall–Kier alpha value is -0.660. The molecule has 5 heteroatoms.